The van der Waals surface area contributed by atoms with Crippen LogP contribution in [-0.2, 0) is 11.0 Å². The molecule has 3 rings (SSSR count). The van der Waals surface area contributed by atoms with Crippen molar-refractivity contribution in [1.29, 1.82) is 0 Å². The second-order valence-electron chi connectivity index (χ2n) is 7.74. The molecule has 0 saturated carbocycles. The molecule has 10 heteroatoms. The molecule has 6 nitrogen and oxygen atoms in total. The molecule has 1 fully saturated rings. The number of thiophene rings is 1. The van der Waals surface area contributed by atoms with Crippen LogP contribution in [0.4, 0.5) is 19.0 Å². The summed E-state index contributed by atoms with van der Waals surface area (Å²) in [6.07, 6.45) is -2.94. The molecule has 0 spiro atoms. The molecule has 0 bridgehead atoms. The molecule has 2 aromatic rings. The van der Waals surface area contributed by atoms with Gasteiger partial charge in [-0.25, -0.2) is 4.98 Å². The minimum absolute atomic E-state index is 0.0904. The topological polar surface area (TPSA) is 65.5 Å². The van der Waals surface area contributed by atoms with Gasteiger partial charge < -0.3 is 15.1 Å². The summed E-state index contributed by atoms with van der Waals surface area (Å²) in [5.41, 5.74) is -0.788. The Morgan fingerprint density at radius 3 is 2.48 bits per heavy atom. The molecule has 0 radical (unpaired) electrons. The van der Waals surface area contributed by atoms with Crippen LogP contribution in [0.2, 0.25) is 0 Å². The average Bonchev–Trinajstić information content (AvgIpc) is 3.15. The van der Waals surface area contributed by atoms with Crippen LogP contribution in [0.1, 0.15) is 35.5 Å². The highest BCUT2D eigenvalue weighted by Crippen LogP contribution is 2.29. The number of alkyl halides is 3. The zero-order valence-electron chi connectivity index (χ0n) is 17.4. The van der Waals surface area contributed by atoms with Gasteiger partial charge in [0.15, 0.2) is 0 Å². The zero-order chi connectivity index (χ0) is 22.6. The Hall–Kier alpha value is -2.62. The minimum atomic E-state index is -4.42. The van der Waals surface area contributed by atoms with Crippen LogP contribution >= 0.6 is 11.3 Å². The van der Waals surface area contributed by atoms with Crippen LogP contribution in [0.25, 0.3) is 0 Å². The maximum Gasteiger partial charge on any atom is 0.417 e. The summed E-state index contributed by atoms with van der Waals surface area (Å²) in [7, 11) is 0. The lowest BCUT2D eigenvalue weighted by atomic mass is 10.0. The lowest BCUT2D eigenvalue weighted by Crippen LogP contribution is -2.52. The molecule has 31 heavy (non-hydrogen) atoms. The van der Waals surface area contributed by atoms with Crippen molar-refractivity contribution < 1.29 is 22.8 Å². The lowest BCUT2D eigenvalue weighted by molar-refractivity contribution is -0.138. The van der Waals surface area contributed by atoms with Crippen molar-refractivity contribution in [3.05, 3.63) is 46.3 Å². The number of anilines is 1. The van der Waals surface area contributed by atoms with Crippen LogP contribution < -0.4 is 10.2 Å². The minimum Gasteiger partial charge on any atom is -0.355 e. The molecule has 2 amide bonds. The van der Waals surface area contributed by atoms with Crippen molar-refractivity contribution in [2.75, 3.05) is 31.1 Å². The highest BCUT2D eigenvalue weighted by Gasteiger charge is 2.32. The van der Waals surface area contributed by atoms with E-state index in [9.17, 15) is 22.8 Å². The molecular formula is C21H25F3N4O2S. The molecule has 2 aromatic heterocycles. The number of hydrogen-bond donors (Lipinski definition) is 1. The number of carbonyl (C=O) groups excluding carboxylic acids is 2. The summed E-state index contributed by atoms with van der Waals surface area (Å²) in [5, 5.41) is 4.65. The van der Waals surface area contributed by atoms with Gasteiger partial charge >= 0.3 is 6.18 Å². The first-order valence-corrected chi connectivity index (χ1v) is 11.0. The van der Waals surface area contributed by atoms with Gasteiger partial charge in [-0.2, -0.15) is 13.2 Å². The number of hydrogen-bond acceptors (Lipinski definition) is 5. The zero-order valence-corrected chi connectivity index (χ0v) is 18.2. The van der Waals surface area contributed by atoms with E-state index in [2.05, 4.69) is 10.3 Å². The second-order valence-corrected chi connectivity index (χ2v) is 8.69. The second kappa shape index (κ2) is 9.67. The Labute approximate surface area is 183 Å². The van der Waals surface area contributed by atoms with Gasteiger partial charge in [-0.05, 0) is 35.9 Å². The smallest absolute Gasteiger partial charge is 0.355 e. The van der Waals surface area contributed by atoms with E-state index < -0.39 is 17.8 Å². The van der Waals surface area contributed by atoms with E-state index in [1.165, 1.54) is 17.4 Å². The average molecular weight is 455 g/mol. The summed E-state index contributed by atoms with van der Waals surface area (Å²) < 4.78 is 38.3. The molecule has 0 unspecified atom stereocenters. The predicted octanol–water partition coefficient (Wildman–Crippen LogP) is 3.66. The highest BCUT2D eigenvalue weighted by atomic mass is 32.1. The number of halogens is 3. The van der Waals surface area contributed by atoms with E-state index in [1.807, 2.05) is 18.7 Å². The highest BCUT2D eigenvalue weighted by molar-refractivity contribution is 7.12. The van der Waals surface area contributed by atoms with Crippen molar-refractivity contribution in [2.24, 2.45) is 5.92 Å². The third-order valence-corrected chi connectivity index (χ3v) is 6.04. The largest absolute Gasteiger partial charge is 0.417 e. The van der Waals surface area contributed by atoms with Gasteiger partial charge in [0.05, 0.1) is 10.4 Å². The first-order valence-electron chi connectivity index (χ1n) is 10.1. The monoisotopic (exact) mass is 454 g/mol. The normalized spacial score (nSPS) is 16.2. The van der Waals surface area contributed by atoms with E-state index in [4.69, 9.17) is 0 Å². The van der Waals surface area contributed by atoms with Gasteiger partial charge in [0.25, 0.3) is 5.91 Å². The fourth-order valence-electron chi connectivity index (χ4n) is 3.44. The summed E-state index contributed by atoms with van der Waals surface area (Å²) in [5.74, 6) is -0.0596. The molecule has 1 aliphatic rings. The Bertz CT molecular complexity index is 885. The third-order valence-electron chi connectivity index (χ3n) is 5.17. The number of nitrogens with zero attached hydrogens (tertiary/aromatic N) is 3. The van der Waals surface area contributed by atoms with Crippen LogP contribution in [0.15, 0.2) is 35.8 Å². The van der Waals surface area contributed by atoms with Crippen molar-refractivity contribution in [3.63, 3.8) is 0 Å². The van der Waals surface area contributed by atoms with Crippen molar-refractivity contribution in [3.8, 4) is 0 Å². The number of amides is 2. The van der Waals surface area contributed by atoms with E-state index in [0.29, 0.717) is 43.3 Å². The van der Waals surface area contributed by atoms with Gasteiger partial charge in [0.2, 0.25) is 5.91 Å². The predicted molar refractivity (Wildman–Crippen MR) is 113 cm³/mol. The van der Waals surface area contributed by atoms with Gasteiger partial charge in [-0.3, -0.25) is 9.59 Å². The summed E-state index contributed by atoms with van der Waals surface area (Å²) in [6.45, 7) is 5.71. The Morgan fingerprint density at radius 1 is 1.13 bits per heavy atom. The van der Waals surface area contributed by atoms with E-state index in [0.717, 1.165) is 12.3 Å². The van der Waals surface area contributed by atoms with Gasteiger partial charge in [-0.15, -0.1) is 11.3 Å². The summed E-state index contributed by atoms with van der Waals surface area (Å²) >= 11 is 1.31. The quantitative estimate of drug-likeness (QED) is 0.749. The molecular weight excluding hydrogens is 429 g/mol. The molecule has 0 aromatic carbocycles. The fraction of sp³-hybridized carbons (Fsp3) is 0.476. The van der Waals surface area contributed by atoms with E-state index in [-0.39, 0.29) is 17.7 Å². The van der Waals surface area contributed by atoms with E-state index in [1.54, 1.807) is 22.4 Å². The summed E-state index contributed by atoms with van der Waals surface area (Å²) in [6, 6.07) is 5.22. The molecule has 1 atom stereocenters. The number of rotatable bonds is 5. The van der Waals surface area contributed by atoms with Crippen LogP contribution in [0.5, 0.6) is 0 Å². The summed E-state index contributed by atoms with van der Waals surface area (Å²) in [4.78, 5) is 33.7. The standard InChI is InChI=1S/C21H25F3N4O2S/c1-14(2)18(26-19(29)16-5-3-12-31-16)20(30)28-9-4-8-27(10-11-28)17-7-6-15(13-25-17)21(22,23)24/h3,5-7,12-14,18H,4,8-11H2,1-2H3,(H,26,29)/t18-/m0/s1. The van der Waals surface area contributed by atoms with Gasteiger partial charge in [-0.1, -0.05) is 19.9 Å². The molecule has 0 aliphatic carbocycles. The van der Waals surface area contributed by atoms with Gasteiger partial charge in [0, 0.05) is 32.4 Å². The van der Waals surface area contributed by atoms with Crippen molar-refractivity contribution in [1.82, 2.24) is 15.2 Å². The van der Waals surface area contributed by atoms with Crippen molar-refractivity contribution >= 4 is 29.0 Å². The lowest BCUT2D eigenvalue weighted by Gasteiger charge is -2.29. The maximum absolute atomic E-state index is 13.2. The molecule has 3 heterocycles. The van der Waals surface area contributed by atoms with Gasteiger partial charge in [0.1, 0.15) is 11.9 Å². The SMILES string of the molecule is CC(C)[C@H](NC(=O)c1cccs1)C(=O)N1CCCN(c2ccc(C(F)(F)F)cn2)CC1. The first kappa shape index (κ1) is 23.1. The Morgan fingerprint density at radius 2 is 1.90 bits per heavy atom. The van der Waals surface area contributed by atoms with Crippen LogP contribution in [-0.4, -0.2) is 53.9 Å². The number of aromatic nitrogens is 1. The first-order chi connectivity index (χ1) is 14.7. The van der Waals surface area contributed by atoms with Crippen LogP contribution in [0, 0.1) is 5.92 Å². The molecule has 1 saturated heterocycles. The fourth-order valence-corrected chi connectivity index (χ4v) is 4.06. The number of pyridine rings is 1. The third kappa shape index (κ3) is 5.75. The maximum atomic E-state index is 13.2. The Kier molecular flexibility index (Phi) is 7.19. The molecule has 168 valence electrons. The van der Waals surface area contributed by atoms with E-state index >= 15 is 0 Å². The Balaban J connectivity index is 1.64. The van der Waals surface area contributed by atoms with Crippen LogP contribution in [0.3, 0.4) is 0 Å². The molecule has 1 N–H and O–H groups in total. The molecule has 1 aliphatic heterocycles. The number of carbonyl (C=O) groups is 2. The number of nitrogens with one attached hydrogen (secondary N) is 1. The van der Waals surface area contributed by atoms with Crippen molar-refractivity contribution in [2.45, 2.75) is 32.5 Å².